The van der Waals surface area contributed by atoms with Crippen molar-refractivity contribution < 1.29 is 27.6 Å². The first kappa shape index (κ1) is 20.7. The largest absolute Gasteiger partial charge is 0.416 e. The maximum atomic E-state index is 12.8. The van der Waals surface area contributed by atoms with Crippen molar-refractivity contribution in [3.63, 3.8) is 0 Å². The number of hydrogen-bond donors (Lipinski definition) is 1. The highest BCUT2D eigenvalue weighted by atomic mass is 32.2. The van der Waals surface area contributed by atoms with Gasteiger partial charge in [0.05, 0.1) is 10.5 Å². The van der Waals surface area contributed by atoms with Gasteiger partial charge in [-0.3, -0.25) is 19.3 Å². The van der Waals surface area contributed by atoms with Gasteiger partial charge in [0.25, 0.3) is 11.1 Å². The molecule has 29 heavy (non-hydrogen) atoms. The quantitative estimate of drug-likeness (QED) is 0.729. The van der Waals surface area contributed by atoms with Crippen LogP contribution in [0.25, 0.3) is 6.08 Å². The molecule has 5 nitrogen and oxygen atoms in total. The highest BCUT2D eigenvalue weighted by Crippen LogP contribution is 2.34. The van der Waals surface area contributed by atoms with Gasteiger partial charge < -0.3 is 5.32 Å². The Balaban J connectivity index is 1.73. The van der Waals surface area contributed by atoms with Crippen molar-refractivity contribution in [3.8, 4) is 0 Å². The summed E-state index contributed by atoms with van der Waals surface area (Å²) in [7, 11) is 0. The van der Waals surface area contributed by atoms with Crippen LogP contribution in [0, 0.1) is 6.92 Å². The van der Waals surface area contributed by atoms with Crippen LogP contribution in [0.2, 0.25) is 0 Å². The number of aryl methyl sites for hydroxylation is 1. The Morgan fingerprint density at radius 1 is 1.14 bits per heavy atom. The number of carbonyl (C=O) groups excluding carboxylic acids is 3. The molecule has 1 aliphatic rings. The molecule has 1 saturated heterocycles. The van der Waals surface area contributed by atoms with Gasteiger partial charge in [0, 0.05) is 5.69 Å². The zero-order valence-electron chi connectivity index (χ0n) is 15.1. The molecule has 1 heterocycles. The number of benzene rings is 2. The summed E-state index contributed by atoms with van der Waals surface area (Å²) in [6, 6.07) is 11.4. The number of alkyl halides is 3. The van der Waals surface area contributed by atoms with E-state index >= 15 is 0 Å². The summed E-state index contributed by atoms with van der Waals surface area (Å²) in [6.07, 6.45) is -3.31. The molecule has 1 fully saturated rings. The van der Waals surface area contributed by atoms with Gasteiger partial charge in [-0.1, -0.05) is 30.3 Å². The predicted molar refractivity (Wildman–Crippen MR) is 104 cm³/mol. The van der Waals surface area contributed by atoms with Gasteiger partial charge in [0.1, 0.15) is 6.54 Å². The molecule has 0 bridgehead atoms. The van der Waals surface area contributed by atoms with E-state index in [9.17, 15) is 27.6 Å². The number of rotatable bonds is 4. The molecule has 3 amide bonds. The highest BCUT2D eigenvalue weighted by Gasteiger charge is 2.36. The van der Waals surface area contributed by atoms with Crippen LogP contribution in [0.1, 0.15) is 16.7 Å². The maximum Gasteiger partial charge on any atom is 0.416 e. The van der Waals surface area contributed by atoms with E-state index in [2.05, 4.69) is 5.32 Å². The van der Waals surface area contributed by atoms with E-state index in [1.165, 1.54) is 18.2 Å². The molecule has 0 radical (unpaired) electrons. The molecule has 0 spiro atoms. The summed E-state index contributed by atoms with van der Waals surface area (Å²) < 4.78 is 38.5. The first-order valence-electron chi connectivity index (χ1n) is 8.43. The lowest BCUT2D eigenvalue weighted by Crippen LogP contribution is -2.36. The van der Waals surface area contributed by atoms with Gasteiger partial charge in [-0.2, -0.15) is 13.2 Å². The van der Waals surface area contributed by atoms with E-state index in [-0.39, 0.29) is 10.5 Å². The third-order valence-corrected chi connectivity index (χ3v) is 5.01. The molecule has 2 aromatic rings. The van der Waals surface area contributed by atoms with Gasteiger partial charge in [-0.15, -0.1) is 0 Å². The normalized spacial score (nSPS) is 15.9. The number of halogens is 3. The number of nitrogens with one attached hydrogen (secondary N) is 1. The summed E-state index contributed by atoms with van der Waals surface area (Å²) in [5.41, 5.74) is 0.654. The Hall–Kier alpha value is -3.07. The lowest BCUT2D eigenvalue weighted by Gasteiger charge is -2.13. The minimum Gasteiger partial charge on any atom is -0.324 e. The second-order valence-corrected chi connectivity index (χ2v) is 7.25. The summed E-state index contributed by atoms with van der Waals surface area (Å²) in [4.78, 5) is 37.5. The fourth-order valence-corrected chi connectivity index (χ4v) is 3.48. The molecule has 1 N–H and O–H groups in total. The third kappa shape index (κ3) is 4.86. The highest BCUT2D eigenvalue weighted by molar-refractivity contribution is 8.18. The van der Waals surface area contributed by atoms with Crippen LogP contribution < -0.4 is 5.32 Å². The maximum absolute atomic E-state index is 12.8. The molecule has 150 valence electrons. The van der Waals surface area contributed by atoms with Crippen LogP contribution >= 0.6 is 11.8 Å². The number of hydrogen-bond acceptors (Lipinski definition) is 4. The first-order chi connectivity index (χ1) is 13.6. The average molecular weight is 420 g/mol. The minimum atomic E-state index is -4.52. The van der Waals surface area contributed by atoms with Crippen molar-refractivity contribution in [1.82, 2.24) is 4.90 Å². The smallest absolute Gasteiger partial charge is 0.324 e. The van der Waals surface area contributed by atoms with Gasteiger partial charge in [0.2, 0.25) is 5.91 Å². The Kier molecular flexibility index (Phi) is 5.78. The van der Waals surface area contributed by atoms with E-state index in [0.717, 1.165) is 22.6 Å². The van der Waals surface area contributed by atoms with Gasteiger partial charge in [-0.25, -0.2) is 0 Å². The molecule has 0 aromatic heterocycles. The summed E-state index contributed by atoms with van der Waals surface area (Å²) in [6.45, 7) is 1.31. The number of amides is 3. The Morgan fingerprint density at radius 3 is 2.55 bits per heavy atom. The lowest BCUT2D eigenvalue weighted by molar-refractivity contribution is -0.137. The van der Waals surface area contributed by atoms with Crippen LogP contribution in [0.5, 0.6) is 0 Å². The number of imide groups is 1. The van der Waals surface area contributed by atoms with Crippen molar-refractivity contribution in [3.05, 3.63) is 70.1 Å². The number of thioether (sulfide) groups is 1. The van der Waals surface area contributed by atoms with E-state index in [4.69, 9.17) is 0 Å². The first-order valence-corrected chi connectivity index (χ1v) is 9.25. The Morgan fingerprint density at radius 2 is 1.86 bits per heavy atom. The topological polar surface area (TPSA) is 66.5 Å². The van der Waals surface area contributed by atoms with Crippen molar-refractivity contribution in [2.45, 2.75) is 13.1 Å². The van der Waals surface area contributed by atoms with E-state index in [1.807, 2.05) is 0 Å². The molecule has 0 aliphatic carbocycles. The standard InChI is InChI=1S/C20H15F3N2O3S/c1-12-5-2-3-8-15(12)24-17(26)11-25-18(27)16(29-19(25)28)10-13-6-4-7-14(9-13)20(21,22)23/h2-10H,11H2,1H3,(H,24,26)/b16-10+. The Bertz CT molecular complexity index is 1020. The van der Waals surface area contributed by atoms with Gasteiger partial charge >= 0.3 is 6.18 Å². The predicted octanol–water partition coefficient (Wildman–Crippen LogP) is 4.69. The molecular weight excluding hydrogens is 405 g/mol. The monoisotopic (exact) mass is 420 g/mol. The molecule has 9 heteroatoms. The van der Waals surface area contributed by atoms with E-state index < -0.39 is 35.3 Å². The average Bonchev–Trinajstić information content (AvgIpc) is 2.90. The molecule has 3 rings (SSSR count). The van der Waals surface area contributed by atoms with Crippen LogP contribution in [-0.2, 0) is 15.8 Å². The molecule has 1 aliphatic heterocycles. The summed E-state index contributed by atoms with van der Waals surface area (Å²) in [5.74, 6) is -1.28. The molecule has 0 atom stereocenters. The summed E-state index contributed by atoms with van der Waals surface area (Å²) in [5, 5.41) is 1.97. The molecular formula is C20H15F3N2O3S. The third-order valence-electron chi connectivity index (χ3n) is 4.11. The van der Waals surface area contributed by atoms with Crippen LogP contribution in [0.3, 0.4) is 0 Å². The molecule has 2 aromatic carbocycles. The van der Waals surface area contributed by atoms with Crippen LogP contribution in [0.15, 0.2) is 53.4 Å². The van der Waals surface area contributed by atoms with Crippen molar-refractivity contribution >= 4 is 40.6 Å². The van der Waals surface area contributed by atoms with Gasteiger partial charge in [0.15, 0.2) is 0 Å². The van der Waals surface area contributed by atoms with Crippen molar-refractivity contribution in [2.24, 2.45) is 0 Å². The van der Waals surface area contributed by atoms with Crippen molar-refractivity contribution in [2.75, 3.05) is 11.9 Å². The number of para-hydroxylation sites is 1. The second-order valence-electron chi connectivity index (χ2n) is 6.25. The van der Waals surface area contributed by atoms with Crippen LogP contribution in [-0.4, -0.2) is 28.5 Å². The number of carbonyl (C=O) groups is 3. The lowest BCUT2D eigenvalue weighted by atomic mass is 10.1. The number of nitrogens with zero attached hydrogens (tertiary/aromatic N) is 1. The van der Waals surface area contributed by atoms with Gasteiger partial charge in [-0.05, 0) is 54.1 Å². The minimum absolute atomic E-state index is 0.0435. The second kappa shape index (κ2) is 8.12. The van der Waals surface area contributed by atoms with E-state index in [1.54, 1.807) is 31.2 Å². The molecule has 0 saturated carbocycles. The number of anilines is 1. The fourth-order valence-electron chi connectivity index (χ4n) is 2.64. The molecule has 0 unspecified atom stereocenters. The Labute approximate surface area is 168 Å². The van der Waals surface area contributed by atoms with E-state index in [0.29, 0.717) is 17.4 Å². The summed E-state index contributed by atoms with van der Waals surface area (Å²) >= 11 is 0.579. The zero-order valence-corrected chi connectivity index (χ0v) is 15.9. The van der Waals surface area contributed by atoms with Crippen molar-refractivity contribution in [1.29, 1.82) is 0 Å². The zero-order chi connectivity index (χ0) is 21.2. The van der Waals surface area contributed by atoms with Crippen LogP contribution in [0.4, 0.5) is 23.7 Å². The fraction of sp³-hybridized carbons (Fsp3) is 0.150. The SMILES string of the molecule is Cc1ccccc1NC(=O)CN1C(=O)S/C(=C/c2cccc(C(F)(F)F)c2)C1=O.